The Labute approximate surface area is 177 Å². The van der Waals surface area contributed by atoms with Crippen LogP contribution in [0.4, 0.5) is 5.69 Å². The molecule has 1 heterocycles. The monoisotopic (exact) mass is 466 g/mol. The third-order valence-corrected chi connectivity index (χ3v) is 7.46. The molecule has 28 heavy (non-hydrogen) atoms. The minimum atomic E-state index is -0.265. The second kappa shape index (κ2) is 6.27. The van der Waals surface area contributed by atoms with Gasteiger partial charge in [0.1, 0.15) is 5.01 Å². The van der Waals surface area contributed by atoms with Gasteiger partial charge in [0.2, 0.25) is 0 Å². The molecule has 2 N–H and O–H groups in total. The minimum Gasteiger partial charge on any atom is -0.397 e. The number of halogens is 1. The average Bonchev–Trinajstić information content (AvgIpc) is 3.13. The SMILES string of the molecule is Nc1c(Br)c(S)c(-c2nc3ccccc3s2)c2c1C(=O)c1ccccc1C2=O. The topological polar surface area (TPSA) is 73.0 Å². The Morgan fingerprint density at radius 1 is 0.893 bits per heavy atom. The summed E-state index contributed by atoms with van der Waals surface area (Å²) < 4.78 is 1.48. The quantitative estimate of drug-likeness (QED) is 0.257. The number of benzene rings is 3. The maximum atomic E-state index is 13.4. The Morgan fingerprint density at radius 2 is 1.50 bits per heavy atom. The highest BCUT2D eigenvalue weighted by Crippen LogP contribution is 2.47. The number of para-hydroxylation sites is 1. The number of thiazole rings is 1. The molecule has 0 radical (unpaired) electrons. The number of carbonyl (C=O) groups is 2. The summed E-state index contributed by atoms with van der Waals surface area (Å²) in [6.07, 6.45) is 0. The van der Waals surface area contributed by atoms with Gasteiger partial charge < -0.3 is 5.73 Å². The first-order valence-electron chi connectivity index (χ1n) is 8.37. The molecule has 0 fully saturated rings. The van der Waals surface area contributed by atoms with Gasteiger partial charge in [-0.3, -0.25) is 9.59 Å². The van der Waals surface area contributed by atoms with Gasteiger partial charge in [0.25, 0.3) is 0 Å². The minimum absolute atomic E-state index is 0.211. The third-order valence-electron chi connectivity index (χ3n) is 4.83. The first kappa shape index (κ1) is 17.6. The zero-order valence-electron chi connectivity index (χ0n) is 14.2. The van der Waals surface area contributed by atoms with Gasteiger partial charge in [-0.15, -0.1) is 24.0 Å². The lowest BCUT2D eigenvalue weighted by Gasteiger charge is -2.23. The molecule has 0 saturated carbocycles. The largest absolute Gasteiger partial charge is 0.397 e. The van der Waals surface area contributed by atoms with Crippen LogP contribution in [-0.2, 0) is 0 Å². The van der Waals surface area contributed by atoms with Gasteiger partial charge >= 0.3 is 0 Å². The van der Waals surface area contributed by atoms with Gasteiger partial charge in [0.05, 0.1) is 25.9 Å². The molecular formula is C21H11BrN2O2S2. The van der Waals surface area contributed by atoms with E-state index >= 15 is 0 Å². The molecule has 3 aromatic carbocycles. The van der Waals surface area contributed by atoms with E-state index in [2.05, 4.69) is 33.5 Å². The predicted octanol–water partition coefficient (Wildman–Crippen LogP) is 5.37. The molecular weight excluding hydrogens is 456 g/mol. The second-order valence-electron chi connectivity index (χ2n) is 6.39. The number of carbonyl (C=O) groups excluding carboxylic acids is 2. The van der Waals surface area contributed by atoms with E-state index in [1.807, 2.05) is 24.3 Å². The molecule has 0 saturated heterocycles. The Kier molecular flexibility index (Phi) is 3.94. The number of nitrogen functional groups attached to an aromatic ring is 1. The number of hydrogen-bond acceptors (Lipinski definition) is 6. The van der Waals surface area contributed by atoms with Crippen molar-refractivity contribution in [3.8, 4) is 10.6 Å². The molecule has 0 aliphatic heterocycles. The highest BCUT2D eigenvalue weighted by molar-refractivity contribution is 9.10. The average molecular weight is 467 g/mol. The summed E-state index contributed by atoms with van der Waals surface area (Å²) in [4.78, 5) is 31.8. The molecule has 0 unspecified atom stereocenters. The summed E-state index contributed by atoms with van der Waals surface area (Å²) in [6, 6.07) is 14.5. The van der Waals surface area contributed by atoms with Gasteiger partial charge in [-0.2, -0.15) is 0 Å². The van der Waals surface area contributed by atoms with Crippen LogP contribution in [0.2, 0.25) is 0 Å². The molecule has 0 spiro atoms. The molecule has 4 aromatic rings. The summed E-state index contributed by atoms with van der Waals surface area (Å²) in [7, 11) is 0. The van der Waals surface area contributed by atoms with Crippen LogP contribution in [-0.4, -0.2) is 16.6 Å². The highest BCUT2D eigenvalue weighted by Gasteiger charge is 2.36. The van der Waals surface area contributed by atoms with E-state index in [4.69, 9.17) is 5.73 Å². The molecule has 4 nitrogen and oxygen atoms in total. The van der Waals surface area contributed by atoms with Crippen LogP contribution in [0.5, 0.6) is 0 Å². The normalized spacial score (nSPS) is 12.9. The number of nitrogens with zero attached hydrogens (tertiary/aromatic N) is 1. The van der Waals surface area contributed by atoms with Gasteiger partial charge in [-0.25, -0.2) is 4.98 Å². The van der Waals surface area contributed by atoms with Crippen LogP contribution < -0.4 is 5.73 Å². The van der Waals surface area contributed by atoms with Crippen LogP contribution >= 0.6 is 39.9 Å². The van der Waals surface area contributed by atoms with Gasteiger partial charge in [-0.1, -0.05) is 36.4 Å². The van der Waals surface area contributed by atoms with Crippen LogP contribution in [0.3, 0.4) is 0 Å². The van der Waals surface area contributed by atoms with Gasteiger partial charge in [0, 0.05) is 27.1 Å². The fourth-order valence-corrected chi connectivity index (χ4v) is 5.36. The Morgan fingerprint density at radius 3 is 2.18 bits per heavy atom. The van der Waals surface area contributed by atoms with E-state index in [1.54, 1.807) is 24.3 Å². The Hall–Kier alpha value is -2.48. The number of aromatic nitrogens is 1. The van der Waals surface area contributed by atoms with Crippen molar-refractivity contribution in [3.63, 3.8) is 0 Å². The summed E-state index contributed by atoms with van der Waals surface area (Å²) in [5.41, 5.74) is 9.05. The summed E-state index contributed by atoms with van der Waals surface area (Å²) >= 11 is 9.53. The lowest BCUT2D eigenvalue weighted by atomic mass is 9.81. The highest BCUT2D eigenvalue weighted by atomic mass is 79.9. The molecule has 0 amide bonds. The zero-order chi connectivity index (χ0) is 19.6. The van der Waals surface area contributed by atoms with Gasteiger partial charge in [0.15, 0.2) is 11.6 Å². The van der Waals surface area contributed by atoms with E-state index in [9.17, 15) is 9.59 Å². The summed E-state index contributed by atoms with van der Waals surface area (Å²) in [5, 5.41) is 0.628. The number of hydrogen-bond donors (Lipinski definition) is 2. The van der Waals surface area contributed by atoms with Crippen molar-refractivity contribution in [2.24, 2.45) is 0 Å². The van der Waals surface area contributed by atoms with E-state index in [1.165, 1.54) is 11.3 Å². The molecule has 1 aromatic heterocycles. The molecule has 7 heteroatoms. The standard InChI is InChI=1S/C21H11BrN2O2S2/c22-16-17(23)14-13(18(25)9-5-1-2-6-10(9)19(14)26)15(20(16)27)21-24-11-7-3-4-8-12(11)28-21/h1-8,27H,23H2. The fourth-order valence-electron chi connectivity index (χ4n) is 3.52. The van der Waals surface area contributed by atoms with E-state index in [-0.39, 0.29) is 28.4 Å². The van der Waals surface area contributed by atoms with E-state index in [0.29, 0.717) is 31.1 Å². The first-order chi connectivity index (χ1) is 13.5. The number of thiol groups is 1. The molecule has 1 aliphatic rings. The summed E-state index contributed by atoms with van der Waals surface area (Å²) in [6.45, 7) is 0. The van der Waals surface area contributed by atoms with E-state index < -0.39 is 0 Å². The number of nitrogens with two attached hydrogens (primary N) is 1. The Balaban J connectivity index is 1.90. The second-order valence-corrected chi connectivity index (χ2v) is 8.66. The Bertz CT molecular complexity index is 1310. The van der Waals surface area contributed by atoms with Crippen molar-refractivity contribution in [1.29, 1.82) is 0 Å². The number of ketones is 2. The lowest BCUT2D eigenvalue weighted by molar-refractivity contribution is 0.0980. The van der Waals surface area contributed by atoms with Crippen molar-refractivity contribution in [1.82, 2.24) is 4.98 Å². The number of rotatable bonds is 1. The molecule has 0 bridgehead atoms. The zero-order valence-corrected chi connectivity index (χ0v) is 17.5. The summed E-state index contributed by atoms with van der Waals surface area (Å²) in [5.74, 6) is -0.506. The molecule has 5 rings (SSSR count). The maximum Gasteiger partial charge on any atom is 0.196 e. The van der Waals surface area contributed by atoms with Crippen molar-refractivity contribution in [2.45, 2.75) is 4.90 Å². The maximum absolute atomic E-state index is 13.4. The molecule has 0 atom stereocenters. The van der Waals surface area contributed by atoms with Crippen molar-refractivity contribution in [3.05, 3.63) is 75.3 Å². The van der Waals surface area contributed by atoms with Crippen molar-refractivity contribution < 1.29 is 9.59 Å². The van der Waals surface area contributed by atoms with Crippen LogP contribution in [0.25, 0.3) is 20.8 Å². The van der Waals surface area contributed by atoms with Crippen molar-refractivity contribution >= 4 is 67.4 Å². The van der Waals surface area contributed by atoms with Crippen LogP contribution in [0, 0.1) is 0 Å². The third kappa shape index (κ3) is 2.33. The lowest BCUT2D eigenvalue weighted by Crippen LogP contribution is -2.24. The van der Waals surface area contributed by atoms with Crippen molar-refractivity contribution in [2.75, 3.05) is 5.73 Å². The first-order valence-corrected chi connectivity index (χ1v) is 10.4. The number of fused-ring (bicyclic) bond motifs is 3. The van der Waals surface area contributed by atoms with E-state index in [0.717, 1.165) is 10.2 Å². The molecule has 136 valence electrons. The van der Waals surface area contributed by atoms with Crippen LogP contribution in [0.1, 0.15) is 31.8 Å². The number of anilines is 1. The smallest absolute Gasteiger partial charge is 0.196 e. The van der Waals surface area contributed by atoms with Gasteiger partial charge in [-0.05, 0) is 28.1 Å². The fraction of sp³-hybridized carbons (Fsp3) is 0. The molecule has 1 aliphatic carbocycles. The van der Waals surface area contributed by atoms with Crippen LogP contribution in [0.15, 0.2) is 57.9 Å². The predicted molar refractivity (Wildman–Crippen MR) is 118 cm³/mol.